The van der Waals surface area contributed by atoms with Crippen LogP contribution in [0.15, 0.2) is 30.6 Å². The molecule has 1 aliphatic heterocycles. The topological polar surface area (TPSA) is 24.9 Å². The van der Waals surface area contributed by atoms with E-state index < -0.39 is 0 Å². The van der Waals surface area contributed by atoms with Crippen LogP contribution in [0.1, 0.15) is 31.2 Å². The van der Waals surface area contributed by atoms with Crippen molar-refractivity contribution in [2.24, 2.45) is 5.92 Å². The molecular weight excluding hydrogens is 196 g/mol. The van der Waals surface area contributed by atoms with E-state index >= 15 is 0 Å². The van der Waals surface area contributed by atoms with E-state index in [1.165, 1.54) is 24.8 Å². The van der Waals surface area contributed by atoms with Gasteiger partial charge in [0.2, 0.25) is 0 Å². The van der Waals surface area contributed by atoms with Crippen LogP contribution >= 0.6 is 0 Å². The van der Waals surface area contributed by atoms with Gasteiger partial charge in [-0.25, -0.2) is 0 Å². The Balaban J connectivity index is 1.55. The maximum absolute atomic E-state index is 4.11. The van der Waals surface area contributed by atoms with Crippen molar-refractivity contribution in [3.05, 3.63) is 36.2 Å². The molecule has 3 unspecified atom stereocenters. The van der Waals surface area contributed by atoms with Gasteiger partial charge in [-0.15, -0.1) is 0 Å². The normalized spacial score (nSPS) is 32.6. The van der Waals surface area contributed by atoms with E-state index in [4.69, 9.17) is 0 Å². The molecule has 3 rings (SSSR count). The highest BCUT2D eigenvalue weighted by molar-refractivity contribution is 5.47. The van der Waals surface area contributed by atoms with E-state index in [-0.39, 0.29) is 0 Å². The highest BCUT2D eigenvalue weighted by Crippen LogP contribution is 2.36. The fourth-order valence-corrected chi connectivity index (χ4v) is 3.06. The largest absolute Gasteiger partial charge is 0.311 e. The van der Waals surface area contributed by atoms with E-state index in [0.29, 0.717) is 0 Å². The molecule has 2 fully saturated rings. The number of aromatic nitrogens is 1. The first-order valence-electron chi connectivity index (χ1n) is 6.24. The first-order valence-corrected chi connectivity index (χ1v) is 6.24. The first-order chi connectivity index (χ1) is 7.92. The molecule has 0 radical (unpaired) electrons. The molecular formula is C14H18N2. The first kappa shape index (κ1) is 10.0. The van der Waals surface area contributed by atoms with Crippen LogP contribution in [-0.4, -0.2) is 17.1 Å². The summed E-state index contributed by atoms with van der Waals surface area (Å²) in [4.78, 5) is 4.11. The Bertz CT molecular complexity index is 372. The molecule has 2 bridgehead atoms. The summed E-state index contributed by atoms with van der Waals surface area (Å²) in [5, 5.41) is 3.71. The van der Waals surface area contributed by atoms with Gasteiger partial charge in [0.05, 0.1) is 0 Å². The van der Waals surface area contributed by atoms with E-state index in [9.17, 15) is 0 Å². The van der Waals surface area contributed by atoms with Crippen molar-refractivity contribution in [3.63, 3.8) is 0 Å². The van der Waals surface area contributed by atoms with Crippen LogP contribution in [0.25, 0.3) is 6.08 Å². The molecule has 2 heterocycles. The minimum Gasteiger partial charge on any atom is -0.311 e. The summed E-state index contributed by atoms with van der Waals surface area (Å²) in [6.45, 7) is 0. The van der Waals surface area contributed by atoms with E-state index in [0.717, 1.165) is 24.4 Å². The van der Waals surface area contributed by atoms with Gasteiger partial charge in [-0.1, -0.05) is 18.2 Å². The summed E-state index contributed by atoms with van der Waals surface area (Å²) < 4.78 is 0. The molecule has 1 aromatic rings. The summed E-state index contributed by atoms with van der Waals surface area (Å²) >= 11 is 0. The van der Waals surface area contributed by atoms with Gasteiger partial charge in [-0.05, 0) is 43.2 Å². The Hall–Kier alpha value is -1.15. The monoisotopic (exact) mass is 214 g/mol. The average Bonchev–Trinajstić information content (AvgIpc) is 2.92. The van der Waals surface area contributed by atoms with Crippen LogP contribution in [0, 0.1) is 5.92 Å². The Morgan fingerprint density at radius 3 is 3.12 bits per heavy atom. The van der Waals surface area contributed by atoms with Crippen molar-refractivity contribution < 1.29 is 0 Å². The van der Waals surface area contributed by atoms with E-state index in [2.05, 4.69) is 28.5 Å². The Labute approximate surface area is 96.8 Å². The molecule has 3 atom stereocenters. The number of hydrogen-bond acceptors (Lipinski definition) is 2. The van der Waals surface area contributed by atoms with Gasteiger partial charge in [0.25, 0.3) is 0 Å². The Kier molecular flexibility index (Phi) is 2.75. The van der Waals surface area contributed by atoms with Gasteiger partial charge in [0.1, 0.15) is 0 Å². The molecule has 1 aromatic heterocycles. The highest BCUT2D eigenvalue weighted by atomic mass is 15.0. The van der Waals surface area contributed by atoms with Gasteiger partial charge < -0.3 is 5.32 Å². The van der Waals surface area contributed by atoms with Crippen LogP contribution < -0.4 is 5.32 Å². The second-order valence-corrected chi connectivity index (χ2v) is 4.97. The Morgan fingerprint density at radius 1 is 1.44 bits per heavy atom. The number of pyridine rings is 1. The summed E-state index contributed by atoms with van der Waals surface area (Å²) in [5.41, 5.74) is 1.20. The highest BCUT2D eigenvalue weighted by Gasteiger charge is 2.37. The molecule has 84 valence electrons. The van der Waals surface area contributed by atoms with Crippen molar-refractivity contribution in [1.82, 2.24) is 10.3 Å². The summed E-state index contributed by atoms with van der Waals surface area (Å²) in [7, 11) is 0. The van der Waals surface area contributed by atoms with Crippen molar-refractivity contribution in [3.8, 4) is 0 Å². The van der Waals surface area contributed by atoms with E-state index in [1.807, 2.05) is 18.5 Å². The number of rotatable bonds is 3. The van der Waals surface area contributed by atoms with Crippen molar-refractivity contribution in [2.75, 3.05) is 0 Å². The third kappa shape index (κ3) is 2.03. The zero-order valence-electron chi connectivity index (χ0n) is 9.47. The van der Waals surface area contributed by atoms with Crippen LogP contribution in [0.4, 0.5) is 0 Å². The maximum Gasteiger partial charge on any atom is 0.0340 e. The van der Waals surface area contributed by atoms with Crippen molar-refractivity contribution in [2.45, 2.75) is 37.8 Å². The van der Waals surface area contributed by atoms with E-state index in [1.54, 1.807) is 0 Å². The predicted octanol–water partition coefficient (Wildman–Crippen LogP) is 2.63. The third-order valence-corrected chi connectivity index (χ3v) is 3.88. The zero-order chi connectivity index (χ0) is 10.8. The lowest BCUT2D eigenvalue weighted by Crippen LogP contribution is -2.34. The van der Waals surface area contributed by atoms with Crippen LogP contribution in [-0.2, 0) is 0 Å². The second-order valence-electron chi connectivity index (χ2n) is 4.97. The maximum atomic E-state index is 4.11. The van der Waals surface area contributed by atoms with Crippen LogP contribution in [0.3, 0.4) is 0 Å². The van der Waals surface area contributed by atoms with Crippen molar-refractivity contribution >= 4 is 6.08 Å². The van der Waals surface area contributed by atoms with Gasteiger partial charge in [0.15, 0.2) is 0 Å². The predicted molar refractivity (Wildman–Crippen MR) is 65.9 cm³/mol. The molecule has 1 saturated heterocycles. The molecule has 0 spiro atoms. The second kappa shape index (κ2) is 4.38. The van der Waals surface area contributed by atoms with Crippen LogP contribution in [0.2, 0.25) is 0 Å². The summed E-state index contributed by atoms with van der Waals surface area (Å²) in [5.74, 6) is 0.934. The molecule has 0 amide bonds. The smallest absolute Gasteiger partial charge is 0.0340 e. The molecule has 2 nitrogen and oxygen atoms in total. The molecule has 16 heavy (non-hydrogen) atoms. The fraction of sp³-hybridized carbons (Fsp3) is 0.500. The fourth-order valence-electron chi connectivity index (χ4n) is 3.06. The lowest BCUT2D eigenvalue weighted by Gasteiger charge is -2.21. The summed E-state index contributed by atoms with van der Waals surface area (Å²) in [6.07, 6.45) is 13.6. The molecule has 2 heteroatoms. The van der Waals surface area contributed by atoms with Gasteiger partial charge >= 0.3 is 0 Å². The minimum atomic E-state index is 0.728. The SMILES string of the molecule is C(=Cc1cccnc1)CC1NC2CCC1C2. The van der Waals surface area contributed by atoms with Gasteiger partial charge in [-0.3, -0.25) is 4.98 Å². The standard InChI is InChI=1S/C14H18N2/c1(3-11-4-2-8-15-10-11)5-14-12-6-7-13(9-12)16-14/h1-4,8,10,12-14,16H,5-7,9H2. The molecule has 1 aliphatic carbocycles. The lowest BCUT2D eigenvalue weighted by molar-refractivity contribution is 0.384. The van der Waals surface area contributed by atoms with Gasteiger partial charge in [0, 0.05) is 24.5 Å². The lowest BCUT2D eigenvalue weighted by atomic mass is 9.97. The molecule has 2 aliphatic rings. The molecule has 1 saturated carbocycles. The number of nitrogens with zero attached hydrogens (tertiary/aromatic N) is 1. The Morgan fingerprint density at radius 2 is 2.44 bits per heavy atom. The third-order valence-electron chi connectivity index (χ3n) is 3.88. The number of nitrogens with one attached hydrogen (secondary N) is 1. The van der Waals surface area contributed by atoms with Crippen molar-refractivity contribution in [1.29, 1.82) is 0 Å². The minimum absolute atomic E-state index is 0.728. The zero-order valence-corrected chi connectivity index (χ0v) is 9.47. The number of hydrogen-bond donors (Lipinski definition) is 1. The van der Waals surface area contributed by atoms with Crippen LogP contribution in [0.5, 0.6) is 0 Å². The average molecular weight is 214 g/mol. The molecule has 1 N–H and O–H groups in total. The quantitative estimate of drug-likeness (QED) is 0.836. The summed E-state index contributed by atoms with van der Waals surface area (Å²) in [6, 6.07) is 5.63. The number of fused-ring (bicyclic) bond motifs is 2. The number of piperidine rings is 1. The van der Waals surface area contributed by atoms with Gasteiger partial charge in [-0.2, -0.15) is 0 Å². The molecule has 0 aromatic carbocycles.